The maximum Gasteiger partial charge on any atom is 0.295 e. The number of aliphatic hydroxyl groups is 1. The normalized spacial score (nSPS) is 17.9. The van der Waals surface area contributed by atoms with Crippen molar-refractivity contribution < 1.29 is 24.2 Å². The van der Waals surface area contributed by atoms with Gasteiger partial charge in [0.25, 0.3) is 11.7 Å². The number of nitrogens with zero attached hydrogens (tertiary/aromatic N) is 1. The molecule has 182 valence electrons. The van der Waals surface area contributed by atoms with E-state index in [0.29, 0.717) is 42.2 Å². The Labute approximate surface area is 202 Å². The number of likely N-dealkylation sites (tertiary alicyclic amines) is 1. The smallest absolute Gasteiger partial charge is 0.295 e. The van der Waals surface area contributed by atoms with Gasteiger partial charge in [0.15, 0.2) is 11.5 Å². The number of benzene rings is 2. The van der Waals surface area contributed by atoms with Gasteiger partial charge in [-0.2, -0.15) is 0 Å². The Kier molecular flexibility index (Phi) is 7.39. The van der Waals surface area contributed by atoms with Crippen molar-refractivity contribution in [2.45, 2.75) is 59.4 Å². The molecule has 0 saturated carbocycles. The van der Waals surface area contributed by atoms with Crippen molar-refractivity contribution in [2.24, 2.45) is 0 Å². The molecule has 0 aromatic heterocycles. The molecular weight excluding hydrogens is 430 g/mol. The molecule has 6 heteroatoms. The number of Topliss-reactive ketones (excluding diaryl/α,β-unsaturated/α-hetero) is 1. The van der Waals surface area contributed by atoms with Crippen LogP contribution < -0.4 is 9.47 Å². The highest BCUT2D eigenvalue weighted by Crippen LogP contribution is 2.42. The van der Waals surface area contributed by atoms with Crippen LogP contribution in [0.15, 0.2) is 42.0 Å². The molecule has 0 spiro atoms. The van der Waals surface area contributed by atoms with Gasteiger partial charge in [-0.3, -0.25) is 9.59 Å². The zero-order valence-corrected chi connectivity index (χ0v) is 21.2. The molecule has 34 heavy (non-hydrogen) atoms. The van der Waals surface area contributed by atoms with Gasteiger partial charge >= 0.3 is 0 Å². The summed E-state index contributed by atoms with van der Waals surface area (Å²) in [7, 11) is 1.55. The summed E-state index contributed by atoms with van der Waals surface area (Å²) < 4.78 is 11.1. The first-order valence-electron chi connectivity index (χ1n) is 11.8. The number of ether oxygens (including phenoxy) is 2. The summed E-state index contributed by atoms with van der Waals surface area (Å²) in [6, 6.07) is 10.5. The highest BCUT2D eigenvalue weighted by atomic mass is 16.5. The quantitative estimate of drug-likeness (QED) is 0.330. The highest BCUT2D eigenvalue weighted by molar-refractivity contribution is 6.46. The number of aryl methyl sites for hydroxylation is 1. The fourth-order valence-corrected chi connectivity index (χ4v) is 4.32. The summed E-state index contributed by atoms with van der Waals surface area (Å²) in [6.45, 7) is 12.9. The van der Waals surface area contributed by atoms with Gasteiger partial charge in [0.2, 0.25) is 0 Å². The molecule has 1 aliphatic heterocycles. The summed E-state index contributed by atoms with van der Waals surface area (Å²) in [5, 5.41) is 11.5. The van der Waals surface area contributed by atoms with E-state index in [-0.39, 0.29) is 16.7 Å². The lowest BCUT2D eigenvalue weighted by molar-refractivity contribution is -0.139. The Morgan fingerprint density at radius 3 is 2.35 bits per heavy atom. The Hall–Kier alpha value is -3.28. The number of carbonyl (C=O) groups is 2. The summed E-state index contributed by atoms with van der Waals surface area (Å²) in [4.78, 5) is 27.8. The van der Waals surface area contributed by atoms with Gasteiger partial charge in [0.1, 0.15) is 5.76 Å². The van der Waals surface area contributed by atoms with E-state index in [1.807, 2.05) is 45.0 Å². The Morgan fingerprint density at radius 2 is 1.76 bits per heavy atom. The lowest BCUT2D eigenvalue weighted by atomic mass is 9.84. The lowest BCUT2D eigenvalue weighted by Crippen LogP contribution is -2.30. The first-order valence-corrected chi connectivity index (χ1v) is 11.8. The molecule has 2 aromatic rings. The summed E-state index contributed by atoms with van der Waals surface area (Å²) in [5.41, 5.74) is 3.05. The van der Waals surface area contributed by atoms with Crippen LogP contribution in [0.3, 0.4) is 0 Å². The molecule has 2 aromatic carbocycles. The number of ketones is 1. The van der Waals surface area contributed by atoms with Crippen LogP contribution in [0.1, 0.15) is 69.3 Å². The van der Waals surface area contributed by atoms with Crippen molar-refractivity contribution in [3.8, 4) is 11.5 Å². The molecule has 1 aliphatic rings. The minimum absolute atomic E-state index is 0.0961. The van der Waals surface area contributed by atoms with E-state index in [4.69, 9.17) is 9.47 Å². The van der Waals surface area contributed by atoms with Gasteiger partial charge in [-0.1, -0.05) is 45.9 Å². The molecular formula is C28H35NO5. The topological polar surface area (TPSA) is 76.1 Å². The maximum atomic E-state index is 13.2. The third-order valence-electron chi connectivity index (χ3n) is 6.17. The first-order chi connectivity index (χ1) is 16.0. The standard InChI is InChI=1S/C28H35NO5/c1-8-14-29-24(18-11-13-21(34-9-2)22(15-18)33-7)23(26(31)27(29)32)25(30)20-16-19(28(4,5)6)12-10-17(20)3/h10-13,15-16,24,30H,8-9,14H2,1-7H3/b25-23+. The molecule has 1 saturated heterocycles. The van der Waals surface area contributed by atoms with Gasteiger partial charge in [0, 0.05) is 12.1 Å². The second kappa shape index (κ2) is 9.92. The number of aliphatic hydroxyl groups excluding tert-OH is 1. The van der Waals surface area contributed by atoms with Crippen molar-refractivity contribution in [1.82, 2.24) is 4.90 Å². The Balaban J connectivity index is 2.25. The molecule has 1 heterocycles. The zero-order valence-electron chi connectivity index (χ0n) is 21.2. The van der Waals surface area contributed by atoms with E-state index in [2.05, 4.69) is 20.8 Å². The van der Waals surface area contributed by atoms with Crippen LogP contribution in [0.4, 0.5) is 0 Å². The van der Waals surface area contributed by atoms with Gasteiger partial charge in [-0.15, -0.1) is 0 Å². The van der Waals surface area contributed by atoms with Crippen LogP contribution in [0, 0.1) is 6.92 Å². The second-order valence-corrected chi connectivity index (χ2v) is 9.62. The molecule has 1 amide bonds. The number of hydrogen-bond acceptors (Lipinski definition) is 5. The van der Waals surface area contributed by atoms with Crippen molar-refractivity contribution in [3.05, 3.63) is 64.2 Å². The summed E-state index contributed by atoms with van der Waals surface area (Å²) >= 11 is 0. The molecule has 6 nitrogen and oxygen atoms in total. The predicted octanol–water partition coefficient (Wildman–Crippen LogP) is 5.53. The van der Waals surface area contributed by atoms with Gasteiger partial charge in [0.05, 0.1) is 25.3 Å². The first kappa shape index (κ1) is 25.3. The number of amides is 1. The van der Waals surface area contributed by atoms with Gasteiger partial charge in [-0.25, -0.2) is 0 Å². The van der Waals surface area contributed by atoms with Crippen LogP contribution in [0.2, 0.25) is 0 Å². The number of carbonyl (C=O) groups excluding carboxylic acids is 2. The molecule has 3 rings (SSSR count). The minimum Gasteiger partial charge on any atom is -0.507 e. The van der Waals surface area contributed by atoms with Crippen molar-refractivity contribution in [2.75, 3.05) is 20.3 Å². The fourth-order valence-electron chi connectivity index (χ4n) is 4.32. The molecule has 0 aliphatic carbocycles. The third kappa shape index (κ3) is 4.67. The lowest BCUT2D eigenvalue weighted by Gasteiger charge is -2.26. The van der Waals surface area contributed by atoms with E-state index in [0.717, 1.165) is 11.1 Å². The predicted molar refractivity (Wildman–Crippen MR) is 133 cm³/mol. The Bertz CT molecular complexity index is 1130. The third-order valence-corrected chi connectivity index (χ3v) is 6.17. The van der Waals surface area contributed by atoms with E-state index in [1.54, 1.807) is 19.2 Å². The monoisotopic (exact) mass is 465 g/mol. The van der Waals surface area contributed by atoms with Gasteiger partial charge in [-0.05, 0) is 60.6 Å². The molecule has 1 unspecified atom stereocenters. The Morgan fingerprint density at radius 1 is 1.06 bits per heavy atom. The number of rotatable bonds is 7. The number of hydrogen-bond donors (Lipinski definition) is 1. The van der Waals surface area contributed by atoms with Crippen LogP contribution in [0.5, 0.6) is 11.5 Å². The second-order valence-electron chi connectivity index (χ2n) is 9.62. The van der Waals surface area contributed by atoms with Crippen LogP contribution in [0.25, 0.3) is 5.76 Å². The van der Waals surface area contributed by atoms with Crippen LogP contribution >= 0.6 is 0 Å². The van der Waals surface area contributed by atoms with E-state index in [9.17, 15) is 14.7 Å². The average Bonchev–Trinajstić information content (AvgIpc) is 3.04. The van der Waals surface area contributed by atoms with Crippen molar-refractivity contribution in [1.29, 1.82) is 0 Å². The van der Waals surface area contributed by atoms with Crippen molar-refractivity contribution in [3.63, 3.8) is 0 Å². The highest BCUT2D eigenvalue weighted by Gasteiger charge is 2.46. The zero-order chi connectivity index (χ0) is 25.2. The summed E-state index contributed by atoms with van der Waals surface area (Å²) in [6.07, 6.45) is 0.677. The number of methoxy groups -OCH3 is 1. The van der Waals surface area contributed by atoms with E-state index in [1.165, 1.54) is 4.90 Å². The maximum absolute atomic E-state index is 13.2. The van der Waals surface area contributed by atoms with E-state index < -0.39 is 17.7 Å². The molecule has 1 fully saturated rings. The van der Waals surface area contributed by atoms with Crippen molar-refractivity contribution >= 4 is 17.4 Å². The minimum atomic E-state index is -0.720. The average molecular weight is 466 g/mol. The van der Waals surface area contributed by atoms with E-state index >= 15 is 0 Å². The van der Waals surface area contributed by atoms with Gasteiger partial charge < -0.3 is 19.5 Å². The molecule has 1 atom stereocenters. The fraction of sp³-hybridized carbons (Fsp3) is 0.429. The van der Waals surface area contributed by atoms with Crippen LogP contribution in [-0.2, 0) is 15.0 Å². The molecule has 0 bridgehead atoms. The SMILES string of the molecule is CCCN1C(=O)C(=O)/C(=C(/O)c2cc(C(C)(C)C)ccc2C)C1c1ccc(OCC)c(OC)c1. The van der Waals surface area contributed by atoms with Crippen LogP contribution in [-0.4, -0.2) is 42.0 Å². The largest absolute Gasteiger partial charge is 0.507 e. The molecule has 1 N–H and O–H groups in total. The summed E-state index contributed by atoms with van der Waals surface area (Å²) in [5.74, 6) is -0.351. The molecule has 0 radical (unpaired) electrons.